The van der Waals surface area contributed by atoms with Gasteiger partial charge in [0, 0.05) is 56.1 Å². The van der Waals surface area contributed by atoms with Crippen molar-refractivity contribution in [1.29, 1.82) is 0 Å². The molecule has 17 heteroatoms. The van der Waals surface area contributed by atoms with E-state index in [0.29, 0.717) is 23.7 Å². The predicted molar refractivity (Wildman–Crippen MR) is 183 cm³/mol. The number of aliphatic hydroxyl groups is 1. The number of alkyl carbamates (subject to hydrolysis) is 1. The van der Waals surface area contributed by atoms with Crippen molar-refractivity contribution in [2.75, 3.05) is 51.4 Å². The Balaban J connectivity index is 1.26. The highest BCUT2D eigenvalue weighted by Crippen LogP contribution is 2.41. The maximum absolute atomic E-state index is 14.0. The summed E-state index contributed by atoms with van der Waals surface area (Å²) in [4.78, 5) is 35.1. The summed E-state index contributed by atoms with van der Waals surface area (Å²) in [6.45, 7) is 3.61. The van der Waals surface area contributed by atoms with Crippen LogP contribution in [-0.4, -0.2) is 129 Å². The summed E-state index contributed by atoms with van der Waals surface area (Å²) in [5.74, 6) is -0.281. The number of anilines is 1. The zero-order valence-corrected chi connectivity index (χ0v) is 29.6. The van der Waals surface area contributed by atoms with Crippen LogP contribution in [-0.2, 0) is 20.7 Å². The zero-order valence-electron chi connectivity index (χ0n) is 29.6. The van der Waals surface area contributed by atoms with Crippen LogP contribution in [0.1, 0.15) is 32.8 Å². The fourth-order valence-corrected chi connectivity index (χ4v) is 6.98. The number of carbonyl (C=O) groups excluding carboxylic acids is 2. The Labute approximate surface area is 299 Å². The largest absolute Gasteiger partial charge is 0.453 e. The van der Waals surface area contributed by atoms with E-state index in [-0.39, 0.29) is 19.5 Å². The maximum atomic E-state index is 14.0. The van der Waals surface area contributed by atoms with Gasteiger partial charge in [-0.25, -0.2) is 9.78 Å². The fraction of sp³-hybridized carbons (Fsp3) is 0.629. The van der Waals surface area contributed by atoms with Gasteiger partial charge in [-0.15, -0.1) is 0 Å². The van der Waals surface area contributed by atoms with Crippen molar-refractivity contribution in [3.63, 3.8) is 0 Å². The van der Waals surface area contributed by atoms with Crippen molar-refractivity contribution >= 4 is 17.8 Å². The van der Waals surface area contributed by atoms with Gasteiger partial charge in [0.15, 0.2) is 0 Å². The molecule has 5 N–H and O–H groups in total. The number of piperidine rings is 1. The first-order valence-corrected chi connectivity index (χ1v) is 17.4. The Morgan fingerprint density at radius 3 is 2.19 bits per heavy atom. The van der Waals surface area contributed by atoms with E-state index in [0.717, 1.165) is 64.2 Å². The number of benzene rings is 1. The number of aliphatic hydroxyl groups excluding tert-OH is 1. The molecule has 0 aliphatic carbocycles. The van der Waals surface area contributed by atoms with E-state index in [2.05, 4.69) is 25.2 Å². The minimum absolute atomic E-state index is 0.00439. The number of piperazine rings is 1. The molecular weight excluding hydrogens is 693 g/mol. The van der Waals surface area contributed by atoms with Crippen molar-refractivity contribution < 1.29 is 46.1 Å². The Morgan fingerprint density at radius 1 is 1.00 bits per heavy atom. The molecule has 6 atom stereocenters. The molecule has 3 unspecified atom stereocenters. The molecule has 2 aromatic rings. The highest BCUT2D eigenvalue weighted by Gasteiger charge is 2.56. The molecule has 4 fully saturated rings. The minimum atomic E-state index is -4.90. The second-order valence-corrected chi connectivity index (χ2v) is 14.4. The number of alkyl halides is 5. The van der Waals surface area contributed by atoms with Gasteiger partial charge in [-0.1, -0.05) is 24.3 Å². The number of fused-ring (bicyclic) bond motifs is 2. The van der Waals surface area contributed by atoms with Gasteiger partial charge in [0.25, 0.3) is 6.55 Å². The minimum Gasteiger partial charge on any atom is -0.453 e. The van der Waals surface area contributed by atoms with E-state index in [9.17, 15) is 36.6 Å². The number of aromatic nitrogens is 1. The van der Waals surface area contributed by atoms with E-state index >= 15 is 0 Å². The van der Waals surface area contributed by atoms with Crippen LogP contribution < -0.4 is 26.2 Å². The van der Waals surface area contributed by atoms with Crippen molar-refractivity contribution in [3.05, 3.63) is 48.2 Å². The van der Waals surface area contributed by atoms with Crippen LogP contribution in [0.25, 0.3) is 11.1 Å². The summed E-state index contributed by atoms with van der Waals surface area (Å²) in [5.41, 5.74) is -0.344. The molecule has 0 saturated carbocycles. The van der Waals surface area contributed by atoms with Crippen LogP contribution in [0.4, 0.5) is 32.6 Å². The average Bonchev–Trinajstić information content (AvgIpc) is 3.07. The number of carbonyl (C=O) groups is 2. The van der Waals surface area contributed by atoms with E-state index < -0.39 is 54.4 Å². The summed E-state index contributed by atoms with van der Waals surface area (Å²) >= 11 is 0. The molecule has 0 spiro atoms. The van der Waals surface area contributed by atoms with Crippen LogP contribution >= 0.6 is 0 Å². The van der Waals surface area contributed by atoms with E-state index in [4.69, 9.17) is 9.72 Å². The van der Waals surface area contributed by atoms with Gasteiger partial charge < -0.3 is 35.4 Å². The Kier molecular flexibility index (Phi) is 12.6. The van der Waals surface area contributed by atoms with Crippen LogP contribution in [0.2, 0.25) is 0 Å². The van der Waals surface area contributed by atoms with Gasteiger partial charge in [-0.05, 0) is 56.9 Å². The number of rotatable bonds is 16. The Hall–Kier alpha value is -3.64. The van der Waals surface area contributed by atoms with Gasteiger partial charge in [0.05, 0.1) is 43.9 Å². The molecular formula is C35H48F5N7O5. The number of hydrogen-bond donors (Lipinski definition) is 5. The normalized spacial score (nSPS) is 21.8. The smallest absolute Gasteiger partial charge is 0.407 e. The third kappa shape index (κ3) is 9.28. The number of pyridine rings is 1. The molecule has 1 aromatic heterocycles. The first-order chi connectivity index (χ1) is 24.6. The highest BCUT2D eigenvalue weighted by atomic mass is 19.4. The number of amides is 2. The van der Waals surface area contributed by atoms with Gasteiger partial charge in [0.2, 0.25) is 5.91 Å². The number of nitrogens with one attached hydrogen (secondary N) is 4. The molecule has 5 heterocycles. The van der Waals surface area contributed by atoms with Crippen molar-refractivity contribution in [1.82, 2.24) is 31.2 Å². The molecule has 0 radical (unpaired) electrons. The lowest BCUT2D eigenvalue weighted by atomic mass is 9.82. The number of halogens is 5. The molecule has 52 heavy (non-hydrogen) atoms. The number of methoxy groups -OCH3 is 1. The quantitative estimate of drug-likeness (QED) is 0.129. The Morgan fingerprint density at radius 2 is 1.65 bits per heavy atom. The first kappa shape index (κ1) is 39.6. The molecule has 12 nitrogen and oxygen atoms in total. The zero-order chi connectivity index (χ0) is 37.8. The molecule has 288 valence electrons. The lowest BCUT2D eigenvalue weighted by Crippen LogP contribution is -2.74. The third-order valence-electron chi connectivity index (χ3n) is 10.3. The summed E-state index contributed by atoms with van der Waals surface area (Å²) in [6.07, 6.45) is -4.50. The number of hydrogen-bond acceptors (Lipinski definition) is 10. The fourth-order valence-electron chi connectivity index (χ4n) is 6.98. The van der Waals surface area contributed by atoms with Crippen molar-refractivity contribution in [2.24, 2.45) is 5.41 Å². The summed E-state index contributed by atoms with van der Waals surface area (Å²) in [7, 11) is 0.956. The van der Waals surface area contributed by atoms with Crippen LogP contribution in [0.15, 0.2) is 42.6 Å². The van der Waals surface area contributed by atoms with Gasteiger partial charge in [0.1, 0.15) is 11.9 Å². The lowest BCUT2D eigenvalue weighted by Gasteiger charge is -2.60. The summed E-state index contributed by atoms with van der Waals surface area (Å²) < 4.78 is 77.3. The van der Waals surface area contributed by atoms with Gasteiger partial charge >= 0.3 is 12.3 Å². The molecule has 6 rings (SSSR count). The highest BCUT2D eigenvalue weighted by molar-refractivity contribution is 5.87. The SMILES string of the molecule is COC(=O)N[C@H](C(=O)N[C@@H](Cc1ccc(-c2ccc(N3CC4CC(C3)N4C3COC3)nc2)cc1)[C@@H](O)CNCC(C)NC(F)F)C(C)(C)C(F)(F)F. The summed E-state index contributed by atoms with van der Waals surface area (Å²) in [6, 6.07) is 8.88. The van der Waals surface area contributed by atoms with Gasteiger partial charge in [-0.3, -0.25) is 15.0 Å². The van der Waals surface area contributed by atoms with Crippen LogP contribution in [0.3, 0.4) is 0 Å². The number of nitrogens with zero attached hydrogens (tertiary/aromatic N) is 3. The van der Waals surface area contributed by atoms with E-state index in [1.54, 1.807) is 18.3 Å². The second-order valence-electron chi connectivity index (χ2n) is 14.4. The molecule has 4 aliphatic heterocycles. The second kappa shape index (κ2) is 16.6. The van der Waals surface area contributed by atoms with E-state index in [1.165, 1.54) is 13.3 Å². The monoisotopic (exact) mass is 741 g/mol. The molecule has 1 aromatic carbocycles. The Bertz CT molecular complexity index is 1480. The molecule has 4 saturated heterocycles. The summed E-state index contributed by atoms with van der Waals surface area (Å²) in [5, 5.41) is 20.5. The standard InChI is InChI=1S/C35H48F5N7O5/c1-20(43-32(36)37)13-41-15-28(48)27(44-31(49)30(45-33(50)51-4)34(2,3)35(38,39)40)11-21-5-7-22(8-6-21)23-9-10-29(42-14-23)46-16-24-12-25(17-46)47(24)26-18-52-19-26/h5-10,14,20,24-28,30,32,41,43,48H,11-13,15-19H2,1-4H3,(H,44,49)(H,45,50)/t20?,24?,25?,27-,28-,30+/m0/s1. The topological polar surface area (TPSA) is 140 Å². The molecule has 2 amide bonds. The molecule has 2 bridgehead atoms. The predicted octanol–water partition coefficient (Wildman–Crippen LogP) is 2.90. The van der Waals surface area contributed by atoms with E-state index in [1.807, 2.05) is 34.9 Å². The average molecular weight is 742 g/mol. The lowest BCUT2D eigenvalue weighted by molar-refractivity contribution is -0.220. The first-order valence-electron chi connectivity index (χ1n) is 17.4. The van der Waals surface area contributed by atoms with Crippen LogP contribution in [0.5, 0.6) is 0 Å². The van der Waals surface area contributed by atoms with Crippen LogP contribution in [0, 0.1) is 5.41 Å². The van der Waals surface area contributed by atoms with Crippen molar-refractivity contribution in [3.8, 4) is 11.1 Å². The maximum Gasteiger partial charge on any atom is 0.407 e. The third-order valence-corrected chi connectivity index (χ3v) is 10.3. The van der Waals surface area contributed by atoms with Crippen molar-refractivity contribution in [2.45, 2.75) is 88.7 Å². The molecule has 4 aliphatic rings. The van der Waals surface area contributed by atoms with Gasteiger partial charge in [-0.2, -0.15) is 22.0 Å². The number of ether oxygens (including phenoxy) is 2.